The van der Waals surface area contributed by atoms with Crippen LogP contribution in [-0.4, -0.2) is 43.4 Å². The molecule has 1 amide bonds. The van der Waals surface area contributed by atoms with E-state index in [1.807, 2.05) is 17.3 Å². The summed E-state index contributed by atoms with van der Waals surface area (Å²) in [6, 6.07) is 4.18. The van der Waals surface area contributed by atoms with Crippen molar-refractivity contribution in [2.45, 2.75) is 58.9 Å². The molecule has 0 bridgehead atoms. The maximum atomic E-state index is 12.7. The molecular weight excluding hydrogens is 350 g/mol. The molecular formula is C22H29N5O. The number of likely N-dealkylation sites (tertiary alicyclic amines) is 1. The second kappa shape index (κ2) is 7.78. The van der Waals surface area contributed by atoms with Gasteiger partial charge in [0.05, 0.1) is 11.0 Å². The Morgan fingerprint density at radius 3 is 2.79 bits per heavy atom. The summed E-state index contributed by atoms with van der Waals surface area (Å²) in [5.41, 5.74) is 4.53. The van der Waals surface area contributed by atoms with Gasteiger partial charge in [-0.2, -0.15) is 0 Å². The van der Waals surface area contributed by atoms with Crippen molar-refractivity contribution in [3.05, 3.63) is 47.3 Å². The van der Waals surface area contributed by atoms with E-state index in [4.69, 9.17) is 4.98 Å². The van der Waals surface area contributed by atoms with Crippen LogP contribution >= 0.6 is 0 Å². The minimum absolute atomic E-state index is 0.227. The van der Waals surface area contributed by atoms with Crippen molar-refractivity contribution in [2.75, 3.05) is 13.1 Å². The van der Waals surface area contributed by atoms with E-state index < -0.39 is 0 Å². The van der Waals surface area contributed by atoms with E-state index in [0.717, 1.165) is 49.3 Å². The molecule has 1 N–H and O–H groups in total. The van der Waals surface area contributed by atoms with Crippen LogP contribution in [0.2, 0.25) is 0 Å². The van der Waals surface area contributed by atoms with Crippen molar-refractivity contribution in [3.8, 4) is 0 Å². The number of carbonyl (C=O) groups is 1. The van der Waals surface area contributed by atoms with E-state index in [-0.39, 0.29) is 5.91 Å². The molecule has 4 rings (SSSR count). The maximum absolute atomic E-state index is 12.7. The zero-order chi connectivity index (χ0) is 19.7. The Balaban J connectivity index is 1.33. The quantitative estimate of drug-likeness (QED) is 0.734. The number of rotatable bonds is 5. The lowest BCUT2D eigenvalue weighted by atomic mass is 9.95. The van der Waals surface area contributed by atoms with Gasteiger partial charge in [0.2, 0.25) is 5.91 Å². The number of hydrogen-bond acceptors (Lipinski definition) is 3. The van der Waals surface area contributed by atoms with Gasteiger partial charge in [0, 0.05) is 50.8 Å². The van der Waals surface area contributed by atoms with Gasteiger partial charge in [-0.1, -0.05) is 6.07 Å². The Labute approximate surface area is 166 Å². The topological polar surface area (TPSA) is 66.8 Å². The van der Waals surface area contributed by atoms with Crippen LogP contribution < -0.4 is 0 Å². The van der Waals surface area contributed by atoms with Gasteiger partial charge < -0.3 is 14.5 Å². The Morgan fingerprint density at radius 1 is 1.25 bits per heavy atom. The second-order valence-corrected chi connectivity index (χ2v) is 7.81. The predicted molar refractivity (Wildman–Crippen MR) is 110 cm³/mol. The van der Waals surface area contributed by atoms with E-state index in [1.165, 1.54) is 17.0 Å². The highest BCUT2D eigenvalue weighted by Gasteiger charge is 2.26. The van der Waals surface area contributed by atoms with Crippen LogP contribution in [0.5, 0.6) is 0 Å². The number of H-pyrrole nitrogens is 1. The fourth-order valence-corrected chi connectivity index (χ4v) is 4.20. The summed E-state index contributed by atoms with van der Waals surface area (Å²) >= 11 is 0. The molecule has 148 valence electrons. The number of carbonyl (C=O) groups excluding carboxylic acids is 1. The van der Waals surface area contributed by atoms with E-state index >= 15 is 0 Å². The van der Waals surface area contributed by atoms with Gasteiger partial charge in [0.15, 0.2) is 0 Å². The highest BCUT2D eigenvalue weighted by molar-refractivity contribution is 5.80. The third kappa shape index (κ3) is 3.55. The van der Waals surface area contributed by atoms with Crippen molar-refractivity contribution in [1.82, 2.24) is 24.4 Å². The van der Waals surface area contributed by atoms with E-state index in [1.54, 1.807) is 0 Å². The van der Waals surface area contributed by atoms with Crippen molar-refractivity contribution < 1.29 is 4.79 Å². The molecule has 1 aliphatic rings. The molecule has 0 saturated carbocycles. The monoisotopic (exact) mass is 379 g/mol. The number of piperidine rings is 1. The number of nitrogens with zero attached hydrogens (tertiary/aromatic N) is 4. The summed E-state index contributed by atoms with van der Waals surface area (Å²) in [5, 5.41) is 0. The van der Waals surface area contributed by atoms with Crippen LogP contribution in [0, 0.1) is 13.8 Å². The molecule has 6 heteroatoms. The smallest absolute Gasteiger partial charge is 0.223 e. The average Bonchev–Trinajstić information content (AvgIpc) is 3.36. The first kappa shape index (κ1) is 18.7. The normalized spacial score (nSPS) is 15.5. The van der Waals surface area contributed by atoms with Gasteiger partial charge in [0.1, 0.15) is 11.6 Å². The number of benzene rings is 1. The van der Waals surface area contributed by atoms with E-state index in [0.29, 0.717) is 18.8 Å². The lowest BCUT2D eigenvalue weighted by molar-refractivity contribution is -0.132. The van der Waals surface area contributed by atoms with Crippen LogP contribution in [0.15, 0.2) is 24.5 Å². The molecule has 0 atom stereocenters. The molecule has 0 aliphatic carbocycles. The maximum Gasteiger partial charge on any atom is 0.223 e. The number of imidazole rings is 2. The number of nitrogens with one attached hydrogen (secondary N) is 1. The van der Waals surface area contributed by atoms with Crippen LogP contribution in [-0.2, 0) is 17.8 Å². The Hall–Kier alpha value is -2.63. The second-order valence-electron chi connectivity index (χ2n) is 7.81. The zero-order valence-electron chi connectivity index (χ0n) is 17.0. The molecule has 3 heterocycles. The van der Waals surface area contributed by atoms with Crippen LogP contribution in [0.4, 0.5) is 0 Å². The largest absolute Gasteiger partial charge is 0.343 e. The Morgan fingerprint density at radius 2 is 2.04 bits per heavy atom. The molecule has 3 aromatic rings. The Bertz CT molecular complexity index is 978. The van der Waals surface area contributed by atoms with Gasteiger partial charge in [-0.15, -0.1) is 0 Å². The molecule has 0 unspecified atom stereocenters. The number of amides is 1. The highest BCUT2D eigenvalue weighted by atomic mass is 16.2. The molecule has 1 aliphatic heterocycles. The summed E-state index contributed by atoms with van der Waals surface area (Å²) < 4.78 is 2.22. The fraction of sp³-hybridized carbons (Fsp3) is 0.500. The van der Waals surface area contributed by atoms with Gasteiger partial charge in [0.25, 0.3) is 0 Å². The zero-order valence-corrected chi connectivity index (χ0v) is 17.0. The molecule has 1 saturated heterocycles. The molecule has 1 aromatic carbocycles. The van der Waals surface area contributed by atoms with Crippen molar-refractivity contribution in [3.63, 3.8) is 0 Å². The minimum Gasteiger partial charge on any atom is -0.343 e. The number of fused-ring (bicyclic) bond motifs is 1. The van der Waals surface area contributed by atoms with Gasteiger partial charge in [-0.25, -0.2) is 9.97 Å². The van der Waals surface area contributed by atoms with Crippen molar-refractivity contribution >= 4 is 16.9 Å². The van der Waals surface area contributed by atoms with Crippen LogP contribution in [0.3, 0.4) is 0 Å². The summed E-state index contributed by atoms with van der Waals surface area (Å²) in [5.74, 6) is 2.76. The first-order valence-corrected chi connectivity index (χ1v) is 10.3. The summed E-state index contributed by atoms with van der Waals surface area (Å²) in [6.45, 7) is 8.93. The van der Waals surface area contributed by atoms with Gasteiger partial charge in [-0.3, -0.25) is 4.79 Å². The number of aromatic nitrogens is 4. The van der Waals surface area contributed by atoms with Gasteiger partial charge in [-0.05, 0) is 50.8 Å². The number of hydrogen-bond donors (Lipinski definition) is 1. The lowest BCUT2D eigenvalue weighted by Gasteiger charge is -2.32. The average molecular weight is 380 g/mol. The fourth-order valence-electron chi connectivity index (χ4n) is 4.20. The molecule has 0 radical (unpaired) electrons. The minimum atomic E-state index is 0.227. The summed E-state index contributed by atoms with van der Waals surface area (Å²) in [7, 11) is 0. The molecule has 1 fully saturated rings. The first-order valence-electron chi connectivity index (χ1n) is 10.3. The third-order valence-corrected chi connectivity index (χ3v) is 6.10. The number of aromatic amines is 1. The predicted octanol–water partition coefficient (Wildman–Crippen LogP) is 3.73. The highest BCUT2D eigenvalue weighted by Crippen LogP contribution is 2.27. The standard InChI is InChI=1S/C22H29N5O/c1-4-26-14-11-23-22(26)17-9-12-27(13-10-17)20(28)8-7-19-24-18-6-5-15(2)16(3)21(18)25-19/h5-6,11,14,17H,4,7-10,12-13H2,1-3H3,(H,24,25). The Kier molecular flexibility index (Phi) is 5.20. The SMILES string of the molecule is CCn1ccnc1C1CCN(C(=O)CCc2nc3c(C)c(C)ccc3[nH]2)CC1. The van der Waals surface area contributed by atoms with Crippen molar-refractivity contribution in [2.24, 2.45) is 0 Å². The molecule has 0 spiro atoms. The molecule has 6 nitrogen and oxygen atoms in total. The third-order valence-electron chi connectivity index (χ3n) is 6.10. The van der Waals surface area contributed by atoms with E-state index in [9.17, 15) is 4.79 Å². The van der Waals surface area contributed by atoms with Crippen molar-refractivity contribution in [1.29, 1.82) is 0 Å². The molecule has 28 heavy (non-hydrogen) atoms. The van der Waals surface area contributed by atoms with Crippen LogP contribution in [0.1, 0.15) is 54.9 Å². The molecule has 2 aromatic heterocycles. The summed E-state index contributed by atoms with van der Waals surface area (Å²) in [6.07, 6.45) is 7.08. The lowest BCUT2D eigenvalue weighted by Crippen LogP contribution is -2.38. The number of aryl methyl sites for hydroxylation is 4. The first-order chi connectivity index (χ1) is 13.6. The van der Waals surface area contributed by atoms with Gasteiger partial charge >= 0.3 is 0 Å². The summed E-state index contributed by atoms with van der Waals surface area (Å²) in [4.78, 5) is 27.3. The van der Waals surface area contributed by atoms with E-state index in [2.05, 4.69) is 47.4 Å². The van der Waals surface area contributed by atoms with Crippen LogP contribution in [0.25, 0.3) is 11.0 Å².